The first-order valence-corrected chi connectivity index (χ1v) is 10.8. The minimum atomic E-state index is -4.87. The van der Waals surface area contributed by atoms with Gasteiger partial charge in [0, 0.05) is 24.8 Å². The first-order chi connectivity index (χ1) is 14.7. The van der Waals surface area contributed by atoms with E-state index in [0.717, 1.165) is 5.56 Å². The predicted octanol–water partition coefficient (Wildman–Crippen LogP) is 1.98. The molecule has 0 radical (unpaired) electrons. The van der Waals surface area contributed by atoms with Crippen molar-refractivity contribution in [1.82, 2.24) is 10.1 Å². The van der Waals surface area contributed by atoms with Crippen LogP contribution >= 0.6 is 7.82 Å². The predicted molar refractivity (Wildman–Crippen MR) is 109 cm³/mol. The van der Waals surface area contributed by atoms with Crippen LogP contribution < -0.4 is 19.9 Å². The minimum Gasteiger partial charge on any atom is -0.756 e. The van der Waals surface area contributed by atoms with Gasteiger partial charge in [0.15, 0.2) is 12.5 Å². The van der Waals surface area contributed by atoms with Crippen molar-refractivity contribution in [1.29, 1.82) is 0 Å². The average molecular weight is 446 g/mol. The van der Waals surface area contributed by atoms with Crippen molar-refractivity contribution in [3.8, 4) is 17.2 Å². The van der Waals surface area contributed by atoms with Crippen LogP contribution in [0, 0.1) is 0 Å². The standard InChI is InChI=1S/C20H23N4O6P/c1-14(2)7-9-28-19-6-5-15(12-22-19)10-16-11-18(30-23-16)17-4-3-8-24(20(17)21)13-29-31(25,26)27/h3-8,11-12,21H,9-10,13H2,1-2H3,(H2,25,26,27). The van der Waals surface area contributed by atoms with Gasteiger partial charge in [0.25, 0.3) is 13.6 Å². The third kappa shape index (κ3) is 6.73. The number of anilines is 1. The molecule has 11 heteroatoms. The van der Waals surface area contributed by atoms with Crippen molar-refractivity contribution >= 4 is 13.6 Å². The van der Waals surface area contributed by atoms with Crippen LogP contribution in [0.25, 0.3) is 11.3 Å². The Balaban J connectivity index is 1.68. The summed E-state index contributed by atoms with van der Waals surface area (Å²) in [4.78, 5) is 23.9. The molecule has 0 fully saturated rings. The molecule has 0 saturated heterocycles. The summed E-state index contributed by atoms with van der Waals surface area (Å²) in [5, 5.41) is 4.06. The maximum Gasteiger partial charge on any atom is 0.285 e. The van der Waals surface area contributed by atoms with Gasteiger partial charge in [-0.15, -0.1) is 0 Å². The molecule has 3 aromatic rings. The molecule has 1 unspecified atom stereocenters. The highest BCUT2D eigenvalue weighted by atomic mass is 31.2. The highest BCUT2D eigenvalue weighted by Gasteiger charge is 2.18. The number of phosphoric ester groups is 1. The Labute approximate surface area is 179 Å². The Morgan fingerprint density at radius 1 is 1.39 bits per heavy atom. The van der Waals surface area contributed by atoms with Crippen molar-refractivity contribution < 1.29 is 32.7 Å². The Bertz CT molecular complexity index is 1100. The molecule has 10 nitrogen and oxygen atoms in total. The summed E-state index contributed by atoms with van der Waals surface area (Å²) in [5.74, 6) is 1.14. The third-order valence-electron chi connectivity index (χ3n) is 4.20. The Morgan fingerprint density at radius 3 is 2.87 bits per heavy atom. The summed E-state index contributed by atoms with van der Waals surface area (Å²) in [6.07, 6.45) is 5.69. The zero-order valence-electron chi connectivity index (χ0n) is 17.1. The average Bonchev–Trinajstić information content (AvgIpc) is 3.16. The van der Waals surface area contributed by atoms with Crippen molar-refractivity contribution in [2.24, 2.45) is 0 Å². The number of nitrogens with two attached hydrogens (primary N) is 1. The van der Waals surface area contributed by atoms with E-state index in [0.29, 0.717) is 35.9 Å². The van der Waals surface area contributed by atoms with Crippen LogP contribution in [0.4, 0.5) is 5.82 Å². The minimum absolute atomic E-state index is 0.193. The van der Waals surface area contributed by atoms with Gasteiger partial charge in [0.1, 0.15) is 12.2 Å². The smallest absolute Gasteiger partial charge is 0.285 e. The number of allylic oxidation sites excluding steroid dienone is 1. The van der Waals surface area contributed by atoms with E-state index in [9.17, 15) is 9.46 Å². The van der Waals surface area contributed by atoms with Crippen molar-refractivity contribution in [2.45, 2.75) is 27.0 Å². The maximum absolute atomic E-state index is 10.8. The molecule has 0 spiro atoms. The van der Waals surface area contributed by atoms with E-state index in [1.807, 2.05) is 26.0 Å². The molecule has 0 amide bonds. The normalized spacial score (nSPS) is 12.9. The second-order valence-corrected chi connectivity index (χ2v) is 8.16. The Morgan fingerprint density at radius 2 is 2.19 bits per heavy atom. The zero-order chi connectivity index (χ0) is 22.4. The lowest BCUT2D eigenvalue weighted by Gasteiger charge is -2.14. The molecule has 3 N–H and O–H groups in total. The molecular formula is C20H23N4O6P. The number of nitrogens with zero attached hydrogens (tertiary/aromatic N) is 3. The fourth-order valence-corrected chi connectivity index (χ4v) is 2.92. The van der Waals surface area contributed by atoms with Crippen molar-refractivity contribution in [3.05, 3.63) is 65.6 Å². The molecule has 0 aliphatic rings. The van der Waals surface area contributed by atoms with Crippen LogP contribution in [0.3, 0.4) is 0 Å². The van der Waals surface area contributed by atoms with Crippen molar-refractivity contribution in [3.63, 3.8) is 0 Å². The molecule has 0 bridgehead atoms. The maximum atomic E-state index is 10.8. The molecule has 0 aliphatic heterocycles. The van der Waals surface area contributed by atoms with E-state index in [1.54, 1.807) is 30.5 Å². The fourth-order valence-electron chi connectivity index (χ4n) is 2.65. The third-order valence-corrected chi connectivity index (χ3v) is 4.65. The number of phosphoric acid groups is 1. The van der Waals surface area contributed by atoms with Crippen LogP contribution in [-0.2, 0) is 22.2 Å². The second kappa shape index (κ2) is 9.84. The van der Waals surface area contributed by atoms with Crippen LogP contribution in [-0.4, -0.2) is 21.6 Å². The summed E-state index contributed by atoms with van der Waals surface area (Å²) in [7, 11) is -4.87. The topological polar surface area (TPSA) is 148 Å². The van der Waals surface area contributed by atoms with Gasteiger partial charge in [-0.25, -0.2) is 9.55 Å². The molecule has 3 rings (SSSR count). The van der Waals surface area contributed by atoms with Gasteiger partial charge in [-0.3, -0.25) is 14.8 Å². The summed E-state index contributed by atoms with van der Waals surface area (Å²) in [6.45, 7) is 4.01. The first kappa shape index (κ1) is 22.6. The summed E-state index contributed by atoms with van der Waals surface area (Å²) >= 11 is 0. The number of aromatic nitrogens is 3. The molecule has 0 aromatic carbocycles. The quantitative estimate of drug-likeness (QED) is 0.286. The van der Waals surface area contributed by atoms with Crippen LogP contribution in [0.15, 0.2) is 58.9 Å². The van der Waals surface area contributed by atoms with E-state index in [-0.39, 0.29) is 5.82 Å². The number of hydrogen-bond donors (Lipinski definition) is 2. The van der Waals surface area contributed by atoms with Crippen LogP contribution in [0.2, 0.25) is 0 Å². The molecule has 164 valence electrons. The van der Waals surface area contributed by atoms with Gasteiger partial charge in [-0.05, 0) is 37.6 Å². The number of hydrogen-bond acceptors (Lipinski definition) is 8. The van der Waals surface area contributed by atoms with E-state index >= 15 is 0 Å². The van der Waals surface area contributed by atoms with Gasteiger partial charge < -0.3 is 19.0 Å². The fraction of sp³-hybridized carbons (Fsp3) is 0.250. The number of nitrogen functional groups attached to an aromatic ring is 1. The Kier molecular flexibility index (Phi) is 7.19. The van der Waals surface area contributed by atoms with Crippen LogP contribution in [0.5, 0.6) is 5.88 Å². The van der Waals surface area contributed by atoms with E-state index in [1.165, 1.54) is 16.3 Å². The lowest BCUT2D eigenvalue weighted by molar-refractivity contribution is -0.712. The van der Waals surface area contributed by atoms with Gasteiger partial charge in [0.05, 0.1) is 11.9 Å². The SMILES string of the molecule is CC(C)=CCOc1ccc(Cc2cc(-c3ccc[n+](COP(=O)([O-])O)c3N)on2)cn1. The lowest BCUT2D eigenvalue weighted by Crippen LogP contribution is -2.38. The van der Waals surface area contributed by atoms with Crippen molar-refractivity contribution in [2.75, 3.05) is 12.3 Å². The van der Waals surface area contributed by atoms with E-state index in [4.69, 9.17) is 19.9 Å². The summed E-state index contributed by atoms with van der Waals surface area (Å²) in [6, 6.07) is 8.77. The monoisotopic (exact) mass is 446 g/mol. The summed E-state index contributed by atoms with van der Waals surface area (Å²) in [5.41, 5.74) is 9.35. The highest BCUT2D eigenvalue weighted by Crippen LogP contribution is 2.30. The number of pyridine rings is 2. The van der Waals surface area contributed by atoms with Gasteiger partial charge in [0.2, 0.25) is 5.88 Å². The van der Waals surface area contributed by atoms with E-state index < -0.39 is 14.6 Å². The first-order valence-electron chi connectivity index (χ1n) is 9.34. The molecular weight excluding hydrogens is 423 g/mol. The molecule has 31 heavy (non-hydrogen) atoms. The number of rotatable bonds is 9. The second-order valence-electron chi connectivity index (χ2n) is 6.96. The largest absolute Gasteiger partial charge is 0.756 e. The van der Waals surface area contributed by atoms with E-state index in [2.05, 4.69) is 14.7 Å². The Hall–Kier alpha value is -3.04. The van der Waals surface area contributed by atoms with Gasteiger partial charge in [-0.2, -0.15) is 0 Å². The van der Waals surface area contributed by atoms with Gasteiger partial charge in [-0.1, -0.05) is 16.8 Å². The molecule has 3 heterocycles. The zero-order valence-corrected chi connectivity index (χ0v) is 18.0. The van der Waals surface area contributed by atoms with Crippen LogP contribution in [0.1, 0.15) is 25.1 Å². The van der Waals surface area contributed by atoms with Gasteiger partial charge >= 0.3 is 0 Å². The number of ether oxygens (including phenoxy) is 1. The lowest BCUT2D eigenvalue weighted by atomic mass is 10.1. The summed E-state index contributed by atoms with van der Waals surface area (Å²) < 4.78 is 27.5. The molecule has 1 atom stereocenters. The molecule has 0 saturated carbocycles. The highest BCUT2D eigenvalue weighted by molar-refractivity contribution is 7.44. The molecule has 3 aromatic heterocycles. The molecule has 0 aliphatic carbocycles.